The smallest absolute Gasteiger partial charge is 0.361 e. The fourth-order valence-corrected chi connectivity index (χ4v) is 2.84. The Morgan fingerprint density at radius 1 is 1.00 bits per heavy atom. The van der Waals surface area contributed by atoms with Crippen LogP contribution in [0.1, 0.15) is 26.8 Å². The molecule has 158 valence electrons. The van der Waals surface area contributed by atoms with E-state index < -0.39 is 11.9 Å². The Morgan fingerprint density at radius 2 is 1.67 bits per heavy atom. The number of carbonyl (C=O) groups excluding carboxylic acids is 2. The molecule has 0 aliphatic rings. The third kappa shape index (κ3) is 3.79. The average molecular weight is 416 g/mol. The maximum absolute atomic E-state index is 12.8. The summed E-state index contributed by atoms with van der Waals surface area (Å²) in [7, 11) is 3.89. The van der Waals surface area contributed by atoms with Crippen molar-refractivity contribution >= 4 is 11.9 Å². The molecule has 0 spiro atoms. The topological polar surface area (TPSA) is 132 Å². The molecule has 30 heavy (non-hydrogen) atoms. The van der Waals surface area contributed by atoms with E-state index in [2.05, 4.69) is 20.1 Å². The fraction of sp³-hybridized carbons (Fsp3) is 0.333. The molecule has 12 nitrogen and oxygen atoms in total. The first-order valence-corrected chi connectivity index (χ1v) is 8.82. The van der Waals surface area contributed by atoms with Gasteiger partial charge in [0.25, 0.3) is 0 Å². The van der Waals surface area contributed by atoms with E-state index in [4.69, 9.17) is 9.47 Å². The van der Waals surface area contributed by atoms with Gasteiger partial charge in [0.05, 0.1) is 33.6 Å². The minimum Gasteiger partial charge on any atom is -0.497 e. The summed E-state index contributed by atoms with van der Waals surface area (Å²) in [6, 6.07) is 6.88. The van der Waals surface area contributed by atoms with Crippen LogP contribution in [0.15, 0.2) is 29.1 Å². The van der Waals surface area contributed by atoms with Crippen molar-refractivity contribution in [3.05, 3.63) is 52.0 Å². The van der Waals surface area contributed by atoms with Crippen LogP contribution < -0.4 is 10.4 Å². The summed E-state index contributed by atoms with van der Waals surface area (Å²) < 4.78 is 18.3. The highest BCUT2D eigenvalue weighted by Crippen LogP contribution is 2.13. The molecule has 2 heterocycles. The molecule has 0 radical (unpaired) electrons. The van der Waals surface area contributed by atoms with Gasteiger partial charge in [0.15, 0.2) is 5.69 Å². The summed E-state index contributed by atoms with van der Waals surface area (Å²) in [5.74, 6) is -0.490. The van der Waals surface area contributed by atoms with E-state index >= 15 is 0 Å². The van der Waals surface area contributed by atoms with Crippen LogP contribution in [0, 0.1) is 6.92 Å². The Labute approximate surface area is 170 Å². The van der Waals surface area contributed by atoms with Gasteiger partial charge in [-0.3, -0.25) is 4.57 Å². The molecule has 0 saturated carbocycles. The number of methoxy groups -OCH3 is 3. The Hall–Kier alpha value is -3.96. The van der Waals surface area contributed by atoms with Crippen molar-refractivity contribution in [2.24, 2.45) is 0 Å². The molecule has 0 N–H and O–H groups in total. The summed E-state index contributed by atoms with van der Waals surface area (Å²) in [6.07, 6.45) is 0. The predicted molar refractivity (Wildman–Crippen MR) is 102 cm³/mol. The van der Waals surface area contributed by atoms with E-state index in [0.717, 1.165) is 0 Å². The number of hydrogen-bond acceptors (Lipinski definition) is 9. The number of ether oxygens (including phenoxy) is 3. The van der Waals surface area contributed by atoms with Gasteiger partial charge >= 0.3 is 17.6 Å². The first-order valence-electron chi connectivity index (χ1n) is 8.82. The highest BCUT2D eigenvalue weighted by Gasteiger charge is 2.27. The zero-order valence-electron chi connectivity index (χ0n) is 16.9. The predicted octanol–water partition coefficient (Wildman–Crippen LogP) is 0.216. The lowest BCUT2D eigenvalue weighted by molar-refractivity contribution is 0.0543. The molecule has 0 atom stereocenters. The molecule has 0 fully saturated rings. The van der Waals surface area contributed by atoms with Crippen LogP contribution in [0.5, 0.6) is 5.75 Å². The van der Waals surface area contributed by atoms with E-state index in [1.807, 2.05) is 0 Å². The minimum absolute atomic E-state index is 0.0729. The van der Waals surface area contributed by atoms with Gasteiger partial charge in [0.2, 0.25) is 5.69 Å². The van der Waals surface area contributed by atoms with Gasteiger partial charge in [0.1, 0.15) is 11.6 Å². The van der Waals surface area contributed by atoms with Crippen LogP contribution in [0.4, 0.5) is 0 Å². The zero-order valence-corrected chi connectivity index (χ0v) is 16.9. The molecular formula is C18H20N6O6. The lowest BCUT2D eigenvalue weighted by atomic mass is 10.3. The zero-order chi connectivity index (χ0) is 21.8. The quantitative estimate of drug-likeness (QED) is 0.496. The Balaban J connectivity index is 1.89. The molecule has 0 aliphatic carbocycles. The van der Waals surface area contributed by atoms with Crippen LogP contribution in [0.2, 0.25) is 0 Å². The van der Waals surface area contributed by atoms with Crippen molar-refractivity contribution in [3.8, 4) is 11.4 Å². The molecule has 0 aliphatic heterocycles. The molecule has 1 aromatic carbocycles. The number of aryl methyl sites for hydroxylation is 2. The largest absolute Gasteiger partial charge is 0.497 e. The van der Waals surface area contributed by atoms with Gasteiger partial charge in [-0.1, -0.05) is 5.21 Å². The summed E-state index contributed by atoms with van der Waals surface area (Å²) in [5, 5.41) is 11.8. The Morgan fingerprint density at radius 3 is 2.27 bits per heavy atom. The molecule has 0 amide bonds. The van der Waals surface area contributed by atoms with Gasteiger partial charge in [-0.2, -0.15) is 9.78 Å². The maximum Gasteiger partial charge on any atom is 0.361 e. The van der Waals surface area contributed by atoms with Gasteiger partial charge in [-0.05, 0) is 31.2 Å². The highest BCUT2D eigenvalue weighted by atomic mass is 16.5. The first kappa shape index (κ1) is 20.8. The Bertz CT molecular complexity index is 1130. The second-order valence-electron chi connectivity index (χ2n) is 6.08. The average Bonchev–Trinajstić information content (AvgIpc) is 3.32. The first-order chi connectivity index (χ1) is 14.4. The molecule has 0 saturated heterocycles. The molecule has 0 unspecified atom stereocenters. The van der Waals surface area contributed by atoms with Crippen molar-refractivity contribution in [1.82, 2.24) is 29.3 Å². The number of benzene rings is 1. The standard InChI is InChI=1S/C18H20N6O6/c1-11-20-24(12-5-7-13(28-2)8-6-12)18(27)22(11)9-10-23-15(17(26)30-4)14(19-21-23)16(25)29-3/h5-8H,9-10H2,1-4H3. The molecule has 12 heteroatoms. The van der Waals surface area contributed by atoms with Crippen molar-refractivity contribution in [1.29, 1.82) is 0 Å². The van der Waals surface area contributed by atoms with E-state index in [1.165, 1.54) is 28.2 Å². The van der Waals surface area contributed by atoms with Gasteiger partial charge in [-0.15, -0.1) is 5.10 Å². The van der Waals surface area contributed by atoms with Crippen LogP contribution >= 0.6 is 0 Å². The van der Waals surface area contributed by atoms with Crippen LogP contribution in [-0.4, -0.2) is 62.6 Å². The van der Waals surface area contributed by atoms with Gasteiger partial charge in [0, 0.05) is 6.54 Å². The number of nitrogens with zero attached hydrogens (tertiary/aromatic N) is 6. The second kappa shape index (κ2) is 8.59. The minimum atomic E-state index is -0.817. The molecule has 3 rings (SSSR count). The molecule has 0 bridgehead atoms. The normalized spacial score (nSPS) is 10.7. The number of aromatic nitrogens is 6. The Kier molecular flexibility index (Phi) is 5.95. The SMILES string of the molecule is COC(=O)c1nnn(CCn2c(C)nn(-c3ccc(OC)cc3)c2=O)c1C(=O)OC. The van der Waals surface area contributed by atoms with E-state index in [0.29, 0.717) is 17.3 Å². The maximum atomic E-state index is 12.8. The summed E-state index contributed by atoms with van der Waals surface area (Å²) in [5.41, 5.74) is -0.211. The number of carbonyl (C=O) groups is 2. The molecule has 2 aromatic heterocycles. The monoisotopic (exact) mass is 416 g/mol. The lowest BCUT2D eigenvalue weighted by Gasteiger charge is -2.07. The summed E-state index contributed by atoms with van der Waals surface area (Å²) >= 11 is 0. The van der Waals surface area contributed by atoms with Crippen LogP contribution in [-0.2, 0) is 22.6 Å². The van der Waals surface area contributed by atoms with Crippen LogP contribution in [0.3, 0.4) is 0 Å². The molecular weight excluding hydrogens is 396 g/mol. The summed E-state index contributed by atoms with van der Waals surface area (Å²) in [4.78, 5) is 36.8. The number of hydrogen-bond donors (Lipinski definition) is 0. The van der Waals surface area contributed by atoms with Gasteiger partial charge < -0.3 is 14.2 Å². The van der Waals surface area contributed by atoms with Crippen molar-refractivity contribution in [2.75, 3.05) is 21.3 Å². The second-order valence-corrected chi connectivity index (χ2v) is 6.08. The van der Waals surface area contributed by atoms with E-state index in [1.54, 1.807) is 38.3 Å². The fourth-order valence-electron chi connectivity index (χ4n) is 2.84. The molecule has 3 aromatic rings. The van der Waals surface area contributed by atoms with Gasteiger partial charge in [-0.25, -0.2) is 19.1 Å². The number of esters is 2. The van der Waals surface area contributed by atoms with E-state index in [9.17, 15) is 14.4 Å². The van der Waals surface area contributed by atoms with Crippen molar-refractivity contribution < 1.29 is 23.8 Å². The van der Waals surface area contributed by atoms with Crippen molar-refractivity contribution in [3.63, 3.8) is 0 Å². The highest BCUT2D eigenvalue weighted by molar-refractivity contribution is 6.00. The third-order valence-electron chi connectivity index (χ3n) is 4.39. The third-order valence-corrected chi connectivity index (χ3v) is 4.39. The number of rotatable bonds is 7. The summed E-state index contributed by atoms with van der Waals surface area (Å²) in [6.45, 7) is 1.89. The lowest BCUT2D eigenvalue weighted by Crippen LogP contribution is -2.27. The van der Waals surface area contributed by atoms with Crippen molar-refractivity contribution in [2.45, 2.75) is 20.0 Å². The van der Waals surface area contributed by atoms with Crippen LogP contribution in [0.25, 0.3) is 5.69 Å². The van der Waals surface area contributed by atoms with E-state index in [-0.39, 0.29) is 30.2 Å².